The summed E-state index contributed by atoms with van der Waals surface area (Å²) in [6.07, 6.45) is -2.22. The number of carbonyl (C=O) groups is 1. The second-order valence-electron chi connectivity index (χ2n) is 8.28. The number of hydrogen-bond donors (Lipinski definition) is 5. The van der Waals surface area contributed by atoms with Crippen LogP contribution < -0.4 is 20.7 Å². The van der Waals surface area contributed by atoms with Crippen molar-refractivity contribution in [3.05, 3.63) is 70.5 Å². The van der Waals surface area contributed by atoms with Crippen LogP contribution in [0.2, 0.25) is 5.02 Å². The summed E-state index contributed by atoms with van der Waals surface area (Å²) in [5, 5.41) is 27.4. The SMILES string of the molecule is O=C(NCC(O)CO)C1=Cc2c(ncnc2Nc2ccc(Oc3cccc(C(F)(F)F)c3)c(Cl)c2)NCC1. The maximum absolute atomic E-state index is 13.0. The number of anilines is 3. The van der Waals surface area contributed by atoms with Crippen molar-refractivity contribution in [1.29, 1.82) is 0 Å². The Morgan fingerprint density at radius 1 is 1.21 bits per heavy atom. The van der Waals surface area contributed by atoms with Gasteiger partial charge in [0.15, 0.2) is 0 Å². The first kappa shape index (κ1) is 27.2. The Morgan fingerprint density at radius 3 is 2.76 bits per heavy atom. The number of nitrogens with zero attached hydrogens (tertiary/aromatic N) is 2. The van der Waals surface area contributed by atoms with Crippen molar-refractivity contribution in [2.75, 3.05) is 30.3 Å². The lowest BCUT2D eigenvalue weighted by atomic mass is 10.1. The van der Waals surface area contributed by atoms with Crippen molar-refractivity contribution in [3.8, 4) is 11.5 Å². The third kappa shape index (κ3) is 6.71. The van der Waals surface area contributed by atoms with E-state index in [1.54, 1.807) is 12.1 Å². The first-order valence-corrected chi connectivity index (χ1v) is 11.8. The molecule has 1 atom stereocenters. The number of halogens is 4. The third-order valence-electron chi connectivity index (χ3n) is 5.47. The number of ether oxygens (including phenoxy) is 1. The summed E-state index contributed by atoms with van der Waals surface area (Å²) in [4.78, 5) is 21.1. The van der Waals surface area contributed by atoms with Gasteiger partial charge < -0.3 is 30.9 Å². The fourth-order valence-corrected chi connectivity index (χ4v) is 3.78. The van der Waals surface area contributed by atoms with Crippen LogP contribution in [0.15, 0.2) is 54.4 Å². The second-order valence-corrected chi connectivity index (χ2v) is 8.68. The molecule has 38 heavy (non-hydrogen) atoms. The normalized spacial score (nSPS) is 13.9. The number of nitrogens with one attached hydrogen (secondary N) is 3. The molecule has 0 spiro atoms. The predicted molar refractivity (Wildman–Crippen MR) is 135 cm³/mol. The Labute approximate surface area is 220 Å². The molecular formula is C25H23ClF3N5O4. The van der Waals surface area contributed by atoms with E-state index in [1.165, 1.54) is 30.6 Å². The molecule has 1 aliphatic rings. The Balaban J connectivity index is 1.54. The van der Waals surface area contributed by atoms with Crippen molar-refractivity contribution in [2.45, 2.75) is 18.7 Å². The maximum atomic E-state index is 13.0. The Kier molecular flexibility index (Phi) is 8.35. The molecule has 2 heterocycles. The van der Waals surface area contributed by atoms with Gasteiger partial charge in [-0.05, 0) is 48.9 Å². The lowest BCUT2D eigenvalue weighted by Gasteiger charge is -2.14. The second kappa shape index (κ2) is 11.7. The number of aromatic nitrogens is 2. The maximum Gasteiger partial charge on any atom is 0.416 e. The zero-order valence-corrected chi connectivity index (χ0v) is 20.5. The van der Waals surface area contributed by atoms with E-state index in [0.29, 0.717) is 41.4 Å². The third-order valence-corrected chi connectivity index (χ3v) is 5.77. The van der Waals surface area contributed by atoms with Crippen LogP contribution in [0.1, 0.15) is 17.5 Å². The average molecular weight is 550 g/mol. The number of fused-ring (bicyclic) bond motifs is 1. The van der Waals surface area contributed by atoms with E-state index in [-0.39, 0.29) is 23.1 Å². The molecule has 2 aromatic carbocycles. The minimum absolute atomic E-state index is 0.0166. The Bertz CT molecular complexity index is 1350. The zero-order chi connectivity index (χ0) is 27.3. The number of hydrogen-bond acceptors (Lipinski definition) is 8. The number of alkyl halides is 3. The number of carbonyl (C=O) groups excluding carboxylic acids is 1. The quantitative estimate of drug-likeness (QED) is 0.280. The summed E-state index contributed by atoms with van der Waals surface area (Å²) in [6.45, 7) is -0.145. The number of aliphatic hydroxyl groups excluding tert-OH is 2. The molecule has 0 bridgehead atoms. The molecule has 1 amide bonds. The van der Waals surface area contributed by atoms with Crippen LogP contribution in [0.3, 0.4) is 0 Å². The van der Waals surface area contributed by atoms with E-state index in [4.69, 9.17) is 21.4 Å². The molecule has 9 nitrogen and oxygen atoms in total. The number of benzene rings is 2. The number of amides is 1. The van der Waals surface area contributed by atoms with Crippen LogP contribution in [-0.4, -0.2) is 51.9 Å². The van der Waals surface area contributed by atoms with Gasteiger partial charge in [-0.15, -0.1) is 0 Å². The van der Waals surface area contributed by atoms with Gasteiger partial charge in [-0.25, -0.2) is 9.97 Å². The number of rotatable bonds is 8. The lowest BCUT2D eigenvalue weighted by Crippen LogP contribution is -2.34. The van der Waals surface area contributed by atoms with Gasteiger partial charge in [-0.2, -0.15) is 13.2 Å². The molecule has 0 aliphatic carbocycles. The van der Waals surface area contributed by atoms with E-state index in [2.05, 4.69) is 25.9 Å². The van der Waals surface area contributed by atoms with Gasteiger partial charge in [0.2, 0.25) is 5.91 Å². The topological polar surface area (TPSA) is 129 Å². The van der Waals surface area contributed by atoms with Gasteiger partial charge >= 0.3 is 6.18 Å². The van der Waals surface area contributed by atoms with Gasteiger partial charge in [0.05, 0.1) is 28.9 Å². The molecule has 5 N–H and O–H groups in total. The van der Waals surface area contributed by atoms with Crippen molar-refractivity contribution < 1.29 is 32.9 Å². The molecule has 13 heteroatoms. The van der Waals surface area contributed by atoms with Gasteiger partial charge in [0.1, 0.15) is 29.5 Å². The first-order chi connectivity index (χ1) is 18.1. The highest BCUT2D eigenvalue weighted by atomic mass is 35.5. The van der Waals surface area contributed by atoms with Crippen LogP contribution in [0.4, 0.5) is 30.5 Å². The largest absolute Gasteiger partial charge is 0.456 e. The Hall–Kier alpha value is -3.87. The molecule has 1 unspecified atom stereocenters. The smallest absolute Gasteiger partial charge is 0.416 e. The fourth-order valence-electron chi connectivity index (χ4n) is 3.56. The van der Waals surface area contributed by atoms with Gasteiger partial charge in [-0.3, -0.25) is 4.79 Å². The van der Waals surface area contributed by atoms with Crippen LogP contribution in [0.5, 0.6) is 11.5 Å². The van der Waals surface area contributed by atoms with Gasteiger partial charge in [-0.1, -0.05) is 17.7 Å². The first-order valence-electron chi connectivity index (χ1n) is 11.4. The van der Waals surface area contributed by atoms with Crippen molar-refractivity contribution in [1.82, 2.24) is 15.3 Å². The summed E-state index contributed by atoms with van der Waals surface area (Å²) in [7, 11) is 0. The molecule has 0 saturated heterocycles. The average Bonchev–Trinajstić information content (AvgIpc) is 3.12. The predicted octanol–water partition coefficient (Wildman–Crippen LogP) is 4.35. The molecule has 200 valence electrons. The summed E-state index contributed by atoms with van der Waals surface area (Å²) in [6, 6.07) is 9.11. The molecule has 3 aromatic rings. The van der Waals surface area contributed by atoms with Crippen LogP contribution in [0.25, 0.3) is 6.08 Å². The zero-order valence-electron chi connectivity index (χ0n) is 19.7. The van der Waals surface area contributed by atoms with E-state index in [0.717, 1.165) is 12.1 Å². The van der Waals surface area contributed by atoms with Crippen molar-refractivity contribution >= 4 is 40.9 Å². The molecule has 1 aliphatic heterocycles. The standard InChI is InChI=1S/C25H23ClF3N5O4/c26-20-10-16(4-5-21(20)38-18-3-1-2-15(9-18)25(27,28)29)34-23-19-8-14(24(37)31-11-17(36)12-35)6-7-30-22(19)32-13-33-23/h1-5,8-10,13,17,35-36H,6-7,11-12H2,(H,31,37)(H2,30,32,33,34). The van der Waals surface area contributed by atoms with E-state index < -0.39 is 30.4 Å². The molecule has 4 rings (SSSR count). The van der Waals surface area contributed by atoms with E-state index in [9.17, 15) is 23.1 Å². The molecule has 0 radical (unpaired) electrons. The van der Waals surface area contributed by atoms with Crippen molar-refractivity contribution in [3.63, 3.8) is 0 Å². The van der Waals surface area contributed by atoms with E-state index in [1.807, 2.05) is 0 Å². The number of aliphatic hydroxyl groups is 2. The Morgan fingerprint density at radius 2 is 2.03 bits per heavy atom. The van der Waals surface area contributed by atoms with Crippen LogP contribution in [0, 0.1) is 0 Å². The molecule has 0 fully saturated rings. The minimum Gasteiger partial charge on any atom is -0.456 e. The fraction of sp³-hybridized carbons (Fsp3) is 0.240. The van der Waals surface area contributed by atoms with Crippen LogP contribution in [-0.2, 0) is 11.0 Å². The summed E-state index contributed by atoms with van der Waals surface area (Å²) in [5.41, 5.74) is 0.593. The minimum atomic E-state index is -4.50. The van der Waals surface area contributed by atoms with Crippen molar-refractivity contribution in [2.24, 2.45) is 0 Å². The summed E-state index contributed by atoms with van der Waals surface area (Å²) < 4.78 is 44.5. The van der Waals surface area contributed by atoms with E-state index >= 15 is 0 Å². The highest BCUT2D eigenvalue weighted by Crippen LogP contribution is 2.36. The monoisotopic (exact) mass is 549 g/mol. The molecule has 1 aromatic heterocycles. The highest BCUT2D eigenvalue weighted by molar-refractivity contribution is 6.32. The van der Waals surface area contributed by atoms with Crippen LogP contribution >= 0.6 is 11.6 Å². The summed E-state index contributed by atoms with van der Waals surface area (Å²) >= 11 is 6.35. The molecular weight excluding hydrogens is 527 g/mol. The van der Waals surface area contributed by atoms with Gasteiger partial charge in [0.25, 0.3) is 0 Å². The summed E-state index contributed by atoms with van der Waals surface area (Å²) in [5.74, 6) is 0.603. The lowest BCUT2D eigenvalue weighted by molar-refractivity contribution is -0.137. The highest BCUT2D eigenvalue weighted by Gasteiger charge is 2.30. The van der Waals surface area contributed by atoms with Gasteiger partial charge in [0, 0.05) is 24.4 Å². The molecule has 0 saturated carbocycles.